The smallest absolute Gasteiger partial charge is 0.0772 e. The van der Waals surface area contributed by atoms with Gasteiger partial charge in [-0.1, -0.05) is 63.8 Å². The average Bonchev–Trinajstić information content (AvgIpc) is 2.32. The minimum atomic E-state index is -1.52. The van der Waals surface area contributed by atoms with Gasteiger partial charge in [0.05, 0.1) is 13.7 Å². The molecule has 0 spiro atoms. The van der Waals surface area contributed by atoms with Crippen molar-refractivity contribution in [2.75, 3.05) is 0 Å². The number of aliphatic hydroxyl groups is 1. The van der Waals surface area contributed by atoms with Crippen molar-refractivity contribution >= 4 is 19.8 Å². The van der Waals surface area contributed by atoms with Gasteiger partial charge in [0, 0.05) is 9.27 Å². The molecular formula is C18H30OSSi. The van der Waals surface area contributed by atoms with Gasteiger partial charge in [0.1, 0.15) is 0 Å². The van der Waals surface area contributed by atoms with Gasteiger partial charge in [-0.15, -0.1) is 11.8 Å². The van der Waals surface area contributed by atoms with Gasteiger partial charge in [-0.2, -0.15) is 0 Å². The quantitative estimate of drug-likeness (QED) is 0.431. The van der Waals surface area contributed by atoms with E-state index in [0.717, 1.165) is 0 Å². The molecule has 0 radical (unpaired) electrons. The Labute approximate surface area is 135 Å². The first kappa shape index (κ1) is 18.5. The maximum absolute atomic E-state index is 10.1. The molecule has 0 bridgehead atoms. The van der Waals surface area contributed by atoms with Crippen molar-refractivity contribution in [3.63, 3.8) is 0 Å². The lowest BCUT2D eigenvalue weighted by Crippen LogP contribution is -2.52. The van der Waals surface area contributed by atoms with E-state index < -0.39 is 13.7 Å². The van der Waals surface area contributed by atoms with Crippen LogP contribution in [0.3, 0.4) is 0 Å². The first-order valence-corrected chi connectivity index (χ1v) is 12.0. The Hall–Kier alpha value is -0.513. The molecule has 118 valence electrons. The van der Waals surface area contributed by atoms with E-state index >= 15 is 0 Å². The van der Waals surface area contributed by atoms with E-state index in [0.29, 0.717) is 5.92 Å². The number of hydrogen-bond donors (Lipinski definition) is 1. The van der Waals surface area contributed by atoms with Gasteiger partial charge < -0.3 is 5.11 Å². The molecule has 1 N–H and O–H groups in total. The first-order chi connectivity index (χ1) is 9.48. The summed E-state index contributed by atoms with van der Waals surface area (Å²) in [6, 6.07) is 10.6. The third-order valence-electron chi connectivity index (χ3n) is 3.80. The fourth-order valence-electron chi connectivity index (χ4n) is 2.62. The normalized spacial score (nSPS) is 16.4. The molecule has 21 heavy (non-hydrogen) atoms. The van der Waals surface area contributed by atoms with E-state index in [1.165, 1.54) is 4.90 Å². The summed E-state index contributed by atoms with van der Waals surface area (Å²) in [5, 5.41) is 10.1. The third-order valence-corrected chi connectivity index (χ3v) is 10.5. The van der Waals surface area contributed by atoms with Crippen LogP contribution in [0.15, 0.2) is 47.4 Å². The van der Waals surface area contributed by atoms with Gasteiger partial charge in [0.25, 0.3) is 0 Å². The van der Waals surface area contributed by atoms with Crippen molar-refractivity contribution in [1.82, 2.24) is 0 Å². The second kappa shape index (κ2) is 6.72. The second-order valence-electron chi connectivity index (χ2n) is 7.60. The SMILES string of the molecule is CC(C)C(/C=C/C(C)(C)O)(Sc1ccccc1)[Si](C)(C)C. The van der Waals surface area contributed by atoms with Crippen LogP contribution in [-0.2, 0) is 0 Å². The van der Waals surface area contributed by atoms with Crippen molar-refractivity contribution in [2.24, 2.45) is 5.92 Å². The lowest BCUT2D eigenvalue weighted by Gasteiger charge is -2.45. The zero-order chi connectivity index (χ0) is 16.3. The molecule has 0 amide bonds. The van der Waals surface area contributed by atoms with Crippen LogP contribution in [-0.4, -0.2) is 23.2 Å². The van der Waals surface area contributed by atoms with E-state index in [4.69, 9.17) is 0 Å². The number of thioether (sulfide) groups is 1. The van der Waals surface area contributed by atoms with Crippen molar-refractivity contribution in [1.29, 1.82) is 0 Å². The Kier molecular flexibility index (Phi) is 5.93. The monoisotopic (exact) mass is 322 g/mol. The van der Waals surface area contributed by atoms with Gasteiger partial charge in [0.2, 0.25) is 0 Å². The van der Waals surface area contributed by atoms with Crippen LogP contribution in [0.2, 0.25) is 19.6 Å². The highest BCUT2D eigenvalue weighted by atomic mass is 32.2. The van der Waals surface area contributed by atoms with E-state index in [1.807, 2.05) is 31.7 Å². The van der Waals surface area contributed by atoms with E-state index in [1.54, 1.807) is 0 Å². The molecular weight excluding hydrogens is 292 g/mol. The summed E-state index contributed by atoms with van der Waals surface area (Å²) in [5.41, 5.74) is -0.767. The molecule has 1 aromatic rings. The van der Waals surface area contributed by atoms with Crippen molar-refractivity contribution in [2.45, 2.75) is 62.2 Å². The number of benzene rings is 1. The zero-order valence-electron chi connectivity index (χ0n) is 14.5. The minimum absolute atomic E-state index is 0.0638. The van der Waals surface area contributed by atoms with Crippen LogP contribution in [0.1, 0.15) is 27.7 Å². The van der Waals surface area contributed by atoms with Crippen molar-refractivity contribution in [3.05, 3.63) is 42.5 Å². The van der Waals surface area contributed by atoms with Crippen LogP contribution in [0, 0.1) is 5.92 Å². The summed E-state index contributed by atoms with van der Waals surface area (Å²) >= 11 is 1.96. The number of rotatable bonds is 6. The Balaban J connectivity index is 3.29. The lowest BCUT2D eigenvalue weighted by atomic mass is 10.0. The predicted octanol–water partition coefficient (Wildman–Crippen LogP) is 5.38. The highest BCUT2D eigenvalue weighted by Gasteiger charge is 2.45. The molecule has 1 rings (SSSR count). The molecule has 0 fully saturated rings. The molecule has 1 unspecified atom stereocenters. The third kappa shape index (κ3) is 5.01. The van der Waals surface area contributed by atoms with Crippen LogP contribution in [0.4, 0.5) is 0 Å². The van der Waals surface area contributed by atoms with E-state index in [9.17, 15) is 5.11 Å². The summed E-state index contributed by atoms with van der Waals surface area (Å²) in [6.07, 6.45) is 4.25. The zero-order valence-corrected chi connectivity index (χ0v) is 16.3. The van der Waals surface area contributed by atoms with Crippen LogP contribution < -0.4 is 0 Å². The van der Waals surface area contributed by atoms with Crippen molar-refractivity contribution < 1.29 is 5.11 Å². The summed E-state index contributed by atoms with van der Waals surface area (Å²) in [5.74, 6) is 0.507. The molecule has 1 atom stereocenters. The molecule has 1 aromatic carbocycles. The van der Waals surface area contributed by atoms with Gasteiger partial charge in [-0.25, -0.2) is 0 Å². The Bertz CT molecular complexity index is 468. The Morgan fingerprint density at radius 2 is 1.57 bits per heavy atom. The van der Waals surface area contributed by atoms with Crippen LogP contribution in [0.5, 0.6) is 0 Å². The molecule has 0 saturated carbocycles. The van der Waals surface area contributed by atoms with Gasteiger partial charge >= 0.3 is 0 Å². The second-order valence-corrected chi connectivity index (χ2v) is 14.6. The largest absolute Gasteiger partial charge is 0.386 e. The molecule has 0 aliphatic rings. The minimum Gasteiger partial charge on any atom is -0.386 e. The number of hydrogen-bond acceptors (Lipinski definition) is 2. The summed E-state index contributed by atoms with van der Waals surface area (Å²) < 4.78 is 0.0638. The maximum Gasteiger partial charge on any atom is 0.0772 e. The van der Waals surface area contributed by atoms with Crippen LogP contribution >= 0.6 is 11.8 Å². The summed E-state index contributed by atoms with van der Waals surface area (Å²) in [4.78, 5) is 1.30. The summed E-state index contributed by atoms with van der Waals surface area (Å²) in [6.45, 7) is 15.5. The topological polar surface area (TPSA) is 20.2 Å². The fraction of sp³-hybridized carbons (Fsp3) is 0.556. The lowest BCUT2D eigenvalue weighted by molar-refractivity contribution is 0.132. The van der Waals surface area contributed by atoms with E-state index in [2.05, 4.69) is 69.9 Å². The highest BCUT2D eigenvalue weighted by Crippen LogP contribution is 2.46. The van der Waals surface area contributed by atoms with Gasteiger partial charge in [-0.3, -0.25) is 0 Å². The molecule has 0 aliphatic carbocycles. The molecule has 0 aliphatic heterocycles. The molecule has 0 saturated heterocycles. The Morgan fingerprint density at radius 3 is 1.95 bits per heavy atom. The average molecular weight is 323 g/mol. The van der Waals surface area contributed by atoms with E-state index in [-0.39, 0.29) is 4.37 Å². The van der Waals surface area contributed by atoms with Crippen LogP contribution in [0.25, 0.3) is 0 Å². The highest BCUT2D eigenvalue weighted by molar-refractivity contribution is 8.02. The molecule has 1 nitrogen and oxygen atoms in total. The maximum atomic E-state index is 10.1. The Morgan fingerprint density at radius 1 is 1.05 bits per heavy atom. The standard InChI is InChI=1S/C18H30OSSi/c1-15(2)18(21(5,6)7,14-13-17(3,4)19)20-16-11-9-8-10-12-16/h8-15,19H,1-7H3/b14-13+. The fourth-order valence-corrected chi connectivity index (χ4v) is 7.57. The van der Waals surface area contributed by atoms with Gasteiger partial charge in [0.15, 0.2) is 0 Å². The van der Waals surface area contributed by atoms with Gasteiger partial charge in [-0.05, 0) is 31.9 Å². The summed E-state index contributed by atoms with van der Waals surface area (Å²) in [7, 11) is -1.52. The predicted molar refractivity (Wildman–Crippen MR) is 98.7 cm³/mol. The molecule has 3 heteroatoms. The molecule has 0 heterocycles. The molecule has 0 aromatic heterocycles. The first-order valence-electron chi connectivity index (χ1n) is 7.65. The van der Waals surface area contributed by atoms with Crippen molar-refractivity contribution in [3.8, 4) is 0 Å².